The smallest absolute Gasteiger partial charge is 0.0385 e. The lowest BCUT2D eigenvalue weighted by atomic mass is 10.2. The molecule has 1 aliphatic carbocycles. The highest BCUT2D eigenvalue weighted by Gasteiger charge is 1.96. The monoisotopic (exact) mass is 149 g/mol. The first-order valence-electron chi connectivity index (χ1n) is 4.28. The number of hydrogen-bond acceptors (Lipinski definition) is 1. The number of rotatable bonds is 4. The number of unbranched alkanes of at least 4 members (excludes halogenated alkanes) is 1. The number of aliphatic imine (C=N–C) groups is 1. The highest BCUT2D eigenvalue weighted by molar-refractivity contribution is 5.67. The van der Waals surface area contributed by atoms with E-state index in [0.717, 1.165) is 6.54 Å². The lowest BCUT2D eigenvalue weighted by Gasteiger charge is -1.94. The molecule has 0 N–H and O–H groups in total. The van der Waals surface area contributed by atoms with Gasteiger partial charge in [0.2, 0.25) is 0 Å². The minimum atomic E-state index is 0.465. The predicted molar refractivity (Wildman–Crippen MR) is 50.0 cm³/mol. The van der Waals surface area contributed by atoms with Crippen LogP contribution in [0.4, 0.5) is 0 Å². The Morgan fingerprint density at radius 1 is 1.36 bits per heavy atom. The van der Waals surface area contributed by atoms with E-state index in [-0.39, 0.29) is 0 Å². The molecule has 11 heavy (non-hydrogen) atoms. The van der Waals surface area contributed by atoms with Crippen molar-refractivity contribution in [2.75, 3.05) is 6.54 Å². The van der Waals surface area contributed by atoms with E-state index >= 15 is 0 Å². The van der Waals surface area contributed by atoms with Crippen molar-refractivity contribution in [3.05, 3.63) is 24.3 Å². The van der Waals surface area contributed by atoms with E-state index in [1.54, 1.807) is 0 Å². The van der Waals surface area contributed by atoms with Gasteiger partial charge in [-0.1, -0.05) is 37.6 Å². The molecule has 0 fully saturated rings. The molecule has 0 spiro atoms. The molecule has 0 heterocycles. The van der Waals surface area contributed by atoms with Gasteiger partial charge in [0, 0.05) is 18.7 Å². The average Bonchev–Trinajstić information content (AvgIpc) is 2.50. The van der Waals surface area contributed by atoms with Crippen molar-refractivity contribution >= 4 is 6.21 Å². The van der Waals surface area contributed by atoms with E-state index < -0.39 is 0 Å². The second kappa shape index (κ2) is 4.89. The summed E-state index contributed by atoms with van der Waals surface area (Å²) in [6.45, 7) is 3.17. The first-order chi connectivity index (χ1) is 5.43. The highest BCUT2D eigenvalue weighted by Crippen LogP contribution is 2.05. The van der Waals surface area contributed by atoms with Crippen molar-refractivity contribution in [1.82, 2.24) is 0 Å². The summed E-state index contributed by atoms with van der Waals surface area (Å²) in [7, 11) is 0. The van der Waals surface area contributed by atoms with Gasteiger partial charge in [-0.15, -0.1) is 0 Å². The second-order valence-electron chi connectivity index (χ2n) is 2.76. The number of hydrogen-bond donors (Lipinski definition) is 0. The van der Waals surface area contributed by atoms with Crippen molar-refractivity contribution < 1.29 is 0 Å². The fourth-order valence-electron chi connectivity index (χ4n) is 0.994. The zero-order valence-electron chi connectivity index (χ0n) is 7.03. The maximum atomic E-state index is 4.32. The van der Waals surface area contributed by atoms with Crippen molar-refractivity contribution in [3.63, 3.8) is 0 Å². The van der Waals surface area contributed by atoms with E-state index in [9.17, 15) is 0 Å². The van der Waals surface area contributed by atoms with Gasteiger partial charge >= 0.3 is 0 Å². The zero-order valence-corrected chi connectivity index (χ0v) is 7.03. The van der Waals surface area contributed by atoms with Crippen molar-refractivity contribution in [1.29, 1.82) is 0 Å². The number of allylic oxidation sites excluding steroid dienone is 4. The Morgan fingerprint density at radius 2 is 2.09 bits per heavy atom. The third-order valence-corrected chi connectivity index (χ3v) is 1.70. The molecule has 0 bridgehead atoms. The van der Waals surface area contributed by atoms with Crippen LogP contribution in [0.1, 0.15) is 19.8 Å². The third-order valence-electron chi connectivity index (χ3n) is 1.70. The molecule has 0 amide bonds. The van der Waals surface area contributed by atoms with Crippen LogP contribution in [0, 0.1) is 5.92 Å². The van der Waals surface area contributed by atoms with E-state index in [0.29, 0.717) is 5.92 Å². The molecule has 0 aliphatic heterocycles. The van der Waals surface area contributed by atoms with Crippen molar-refractivity contribution in [3.8, 4) is 0 Å². The van der Waals surface area contributed by atoms with E-state index in [4.69, 9.17) is 0 Å². The fraction of sp³-hybridized carbons (Fsp3) is 0.500. The molecule has 0 unspecified atom stereocenters. The summed E-state index contributed by atoms with van der Waals surface area (Å²) in [5, 5.41) is 0. The minimum absolute atomic E-state index is 0.465. The van der Waals surface area contributed by atoms with E-state index in [1.807, 2.05) is 6.21 Å². The standard InChI is InChI=1S/C10H15N/c1-2-3-8-11-9-10-6-4-5-7-10/h4-7,9-10H,2-3,8H2,1H3. The molecule has 0 aromatic heterocycles. The molecule has 1 nitrogen and oxygen atoms in total. The minimum Gasteiger partial charge on any atom is -0.297 e. The molecule has 1 rings (SSSR count). The van der Waals surface area contributed by atoms with Gasteiger partial charge < -0.3 is 0 Å². The quantitative estimate of drug-likeness (QED) is 0.430. The number of nitrogens with zero attached hydrogens (tertiary/aromatic N) is 1. The Morgan fingerprint density at radius 3 is 2.73 bits per heavy atom. The molecule has 0 aromatic rings. The summed E-state index contributed by atoms with van der Waals surface area (Å²) in [5.41, 5.74) is 0. The third kappa shape index (κ3) is 3.17. The van der Waals surface area contributed by atoms with Crippen LogP contribution in [0.5, 0.6) is 0 Å². The normalized spacial score (nSPS) is 17.2. The van der Waals surface area contributed by atoms with E-state index in [2.05, 4.69) is 36.2 Å². The Hall–Kier alpha value is -0.850. The van der Waals surface area contributed by atoms with Gasteiger partial charge in [-0.05, 0) is 6.42 Å². The maximum absolute atomic E-state index is 4.32. The Labute approximate surface area is 68.5 Å². The Kier molecular flexibility index (Phi) is 3.67. The molecule has 0 radical (unpaired) electrons. The summed E-state index contributed by atoms with van der Waals surface area (Å²) in [5.74, 6) is 0.465. The molecule has 60 valence electrons. The molecule has 0 saturated heterocycles. The largest absolute Gasteiger partial charge is 0.297 e. The van der Waals surface area contributed by atoms with Gasteiger partial charge in [0.25, 0.3) is 0 Å². The summed E-state index contributed by atoms with van der Waals surface area (Å²) in [4.78, 5) is 4.32. The molecule has 1 heteroatoms. The SMILES string of the molecule is CCCCN=CC1C=CC=C1. The molecule has 1 aliphatic rings. The first kappa shape index (κ1) is 8.25. The fourth-order valence-corrected chi connectivity index (χ4v) is 0.994. The lowest BCUT2D eigenvalue weighted by Crippen LogP contribution is -1.91. The van der Waals surface area contributed by atoms with Gasteiger partial charge in [0.1, 0.15) is 0 Å². The summed E-state index contributed by atoms with van der Waals surface area (Å²) in [6.07, 6.45) is 12.9. The van der Waals surface area contributed by atoms with Crippen LogP contribution in [0.25, 0.3) is 0 Å². The van der Waals surface area contributed by atoms with Crippen LogP contribution >= 0.6 is 0 Å². The van der Waals surface area contributed by atoms with Crippen molar-refractivity contribution in [2.45, 2.75) is 19.8 Å². The molecular weight excluding hydrogens is 134 g/mol. The Bertz CT molecular complexity index is 165. The van der Waals surface area contributed by atoms with Crippen molar-refractivity contribution in [2.24, 2.45) is 10.9 Å². The lowest BCUT2D eigenvalue weighted by molar-refractivity contribution is 0.807. The zero-order chi connectivity index (χ0) is 7.94. The van der Waals surface area contributed by atoms with Gasteiger partial charge in [0.05, 0.1) is 0 Å². The van der Waals surface area contributed by atoms with Gasteiger partial charge in [-0.3, -0.25) is 4.99 Å². The first-order valence-corrected chi connectivity index (χ1v) is 4.28. The van der Waals surface area contributed by atoms with Gasteiger partial charge in [-0.25, -0.2) is 0 Å². The van der Waals surface area contributed by atoms with E-state index in [1.165, 1.54) is 12.8 Å². The summed E-state index contributed by atoms with van der Waals surface area (Å²) >= 11 is 0. The van der Waals surface area contributed by atoms with Crippen LogP contribution in [0.3, 0.4) is 0 Å². The molecular formula is C10H15N. The highest BCUT2D eigenvalue weighted by atomic mass is 14.7. The second-order valence-corrected chi connectivity index (χ2v) is 2.76. The van der Waals surface area contributed by atoms with Crippen LogP contribution in [-0.2, 0) is 0 Å². The van der Waals surface area contributed by atoms with Crippen LogP contribution < -0.4 is 0 Å². The van der Waals surface area contributed by atoms with Crippen LogP contribution in [-0.4, -0.2) is 12.8 Å². The topological polar surface area (TPSA) is 12.4 Å². The maximum Gasteiger partial charge on any atom is 0.0385 e. The molecule has 0 aromatic carbocycles. The average molecular weight is 149 g/mol. The van der Waals surface area contributed by atoms with Gasteiger partial charge in [-0.2, -0.15) is 0 Å². The molecule has 0 atom stereocenters. The molecule has 0 saturated carbocycles. The summed E-state index contributed by atoms with van der Waals surface area (Å²) < 4.78 is 0. The van der Waals surface area contributed by atoms with Gasteiger partial charge in [0.15, 0.2) is 0 Å². The predicted octanol–water partition coefficient (Wildman–Crippen LogP) is 2.60. The van der Waals surface area contributed by atoms with Crippen LogP contribution in [0.2, 0.25) is 0 Å². The Balaban J connectivity index is 2.14. The van der Waals surface area contributed by atoms with Crippen LogP contribution in [0.15, 0.2) is 29.3 Å². The summed E-state index contributed by atoms with van der Waals surface area (Å²) in [6, 6.07) is 0.